The van der Waals surface area contributed by atoms with Crippen LogP contribution >= 0.6 is 0 Å². The highest BCUT2D eigenvalue weighted by atomic mass is 19.3. The number of nitrogens with one attached hydrogen (secondary N) is 2. The standard InChI is InChI=1S/C20H24F2N2O5/c1-19(18(26)24-28,20(2,27)17(21)22)23-11-14-5-4-13(10-16(14)25)12-6-8-15(29-3)9-7-12/h4-10,17,23,25,27-28H,11H2,1-3H3,(H,24,26)/t19-,20-/m1/s1. The van der Waals surface area contributed by atoms with Gasteiger partial charge in [-0.05, 0) is 43.2 Å². The topological polar surface area (TPSA) is 111 Å². The van der Waals surface area contributed by atoms with Crippen LogP contribution in [-0.2, 0) is 11.3 Å². The number of halogens is 2. The van der Waals surface area contributed by atoms with Crippen molar-refractivity contribution >= 4 is 5.91 Å². The monoisotopic (exact) mass is 410 g/mol. The van der Waals surface area contributed by atoms with Crippen LogP contribution in [0.4, 0.5) is 8.78 Å². The Bertz CT molecular complexity index is 858. The fourth-order valence-corrected chi connectivity index (χ4v) is 2.77. The van der Waals surface area contributed by atoms with Crippen molar-refractivity contribution in [2.45, 2.75) is 38.0 Å². The summed E-state index contributed by atoms with van der Waals surface area (Å²) in [5.41, 5.74) is -1.90. The van der Waals surface area contributed by atoms with Crippen LogP contribution < -0.4 is 15.5 Å². The van der Waals surface area contributed by atoms with Crippen LogP contribution in [0.25, 0.3) is 11.1 Å². The predicted octanol–water partition coefficient (Wildman–Crippen LogP) is 2.44. The molecule has 0 unspecified atom stereocenters. The Morgan fingerprint density at radius 1 is 1.14 bits per heavy atom. The van der Waals surface area contributed by atoms with Gasteiger partial charge in [0.1, 0.15) is 22.6 Å². The minimum Gasteiger partial charge on any atom is -0.508 e. The third-order valence-electron chi connectivity index (χ3n) is 5.13. The number of alkyl halides is 2. The molecule has 2 aromatic rings. The highest BCUT2D eigenvalue weighted by Gasteiger charge is 2.55. The number of rotatable bonds is 8. The highest BCUT2D eigenvalue weighted by molar-refractivity contribution is 5.86. The van der Waals surface area contributed by atoms with E-state index in [1.165, 1.54) is 11.5 Å². The van der Waals surface area contributed by atoms with Gasteiger partial charge in [0.05, 0.1) is 7.11 Å². The number of hydroxylamine groups is 1. The highest BCUT2D eigenvalue weighted by Crippen LogP contribution is 2.31. The van der Waals surface area contributed by atoms with E-state index in [1.807, 2.05) is 12.1 Å². The van der Waals surface area contributed by atoms with Crippen molar-refractivity contribution in [1.29, 1.82) is 0 Å². The summed E-state index contributed by atoms with van der Waals surface area (Å²) >= 11 is 0. The number of benzene rings is 2. The van der Waals surface area contributed by atoms with Crippen LogP contribution in [0.1, 0.15) is 19.4 Å². The number of phenols is 1. The maximum Gasteiger partial charge on any atom is 0.268 e. The van der Waals surface area contributed by atoms with Crippen molar-refractivity contribution in [3.63, 3.8) is 0 Å². The summed E-state index contributed by atoms with van der Waals surface area (Å²) in [7, 11) is 1.55. The Morgan fingerprint density at radius 3 is 2.21 bits per heavy atom. The van der Waals surface area contributed by atoms with Crippen LogP contribution in [0.5, 0.6) is 11.5 Å². The summed E-state index contributed by atoms with van der Waals surface area (Å²) < 4.78 is 31.7. The van der Waals surface area contributed by atoms with Gasteiger partial charge in [0.25, 0.3) is 12.3 Å². The number of hydrogen-bond acceptors (Lipinski definition) is 6. The largest absolute Gasteiger partial charge is 0.508 e. The molecule has 0 saturated heterocycles. The SMILES string of the molecule is COc1ccc(-c2ccc(CN[C@](C)(C(=O)NO)[C@](C)(O)C(F)F)c(O)c2)cc1. The molecule has 2 atom stereocenters. The molecular weight excluding hydrogens is 386 g/mol. The van der Waals surface area contributed by atoms with Gasteiger partial charge < -0.3 is 14.9 Å². The first kappa shape index (κ1) is 22.5. The number of amides is 1. The zero-order valence-electron chi connectivity index (χ0n) is 16.2. The lowest BCUT2D eigenvalue weighted by Crippen LogP contribution is -2.69. The molecule has 0 aliphatic heterocycles. The van der Waals surface area contributed by atoms with Gasteiger partial charge in [-0.1, -0.05) is 24.3 Å². The average Bonchev–Trinajstić information content (AvgIpc) is 2.71. The lowest BCUT2D eigenvalue weighted by atomic mass is 9.81. The number of carbonyl (C=O) groups is 1. The van der Waals surface area contributed by atoms with E-state index in [-0.39, 0.29) is 12.3 Å². The zero-order valence-corrected chi connectivity index (χ0v) is 16.2. The molecule has 0 aliphatic rings. The minimum atomic E-state index is -3.27. The first-order chi connectivity index (χ1) is 13.6. The fraction of sp³-hybridized carbons (Fsp3) is 0.350. The molecule has 2 rings (SSSR count). The average molecular weight is 410 g/mol. The van der Waals surface area contributed by atoms with Gasteiger partial charge >= 0.3 is 0 Å². The third-order valence-corrected chi connectivity index (χ3v) is 5.13. The smallest absolute Gasteiger partial charge is 0.268 e. The van der Waals surface area contributed by atoms with Gasteiger partial charge in [-0.25, -0.2) is 14.3 Å². The number of aromatic hydroxyl groups is 1. The van der Waals surface area contributed by atoms with Crippen molar-refractivity contribution in [2.24, 2.45) is 0 Å². The van der Waals surface area contributed by atoms with Crippen molar-refractivity contribution in [2.75, 3.05) is 7.11 Å². The molecule has 0 radical (unpaired) electrons. The zero-order chi connectivity index (χ0) is 21.8. The minimum absolute atomic E-state index is 0.130. The Labute approximate surface area is 166 Å². The number of hydrogen-bond donors (Lipinski definition) is 5. The van der Waals surface area contributed by atoms with Gasteiger partial charge in [-0.15, -0.1) is 0 Å². The summed E-state index contributed by atoms with van der Waals surface area (Å²) in [4.78, 5) is 12.0. The quantitative estimate of drug-likeness (QED) is 0.338. The molecule has 158 valence electrons. The Balaban J connectivity index is 2.25. The van der Waals surface area contributed by atoms with Crippen molar-refractivity contribution < 1.29 is 33.7 Å². The maximum atomic E-state index is 13.3. The molecule has 0 fully saturated rings. The molecule has 0 bridgehead atoms. The second-order valence-corrected chi connectivity index (χ2v) is 6.94. The van der Waals surface area contributed by atoms with Crippen LogP contribution in [0, 0.1) is 0 Å². The van der Waals surface area contributed by atoms with E-state index in [2.05, 4.69) is 5.32 Å². The number of aliphatic hydroxyl groups is 1. The van der Waals surface area contributed by atoms with Crippen LogP contribution in [0.2, 0.25) is 0 Å². The van der Waals surface area contributed by atoms with E-state index in [9.17, 15) is 23.8 Å². The first-order valence-electron chi connectivity index (χ1n) is 8.73. The molecule has 5 N–H and O–H groups in total. The van der Waals surface area contributed by atoms with Crippen molar-refractivity contribution in [3.05, 3.63) is 48.0 Å². The molecule has 1 amide bonds. The second-order valence-electron chi connectivity index (χ2n) is 6.94. The van der Waals surface area contributed by atoms with Gasteiger partial charge in [-0.3, -0.25) is 15.3 Å². The molecule has 0 spiro atoms. The summed E-state index contributed by atoms with van der Waals surface area (Å²) in [6.45, 7) is 1.60. The van der Waals surface area contributed by atoms with Crippen LogP contribution in [0.3, 0.4) is 0 Å². The van der Waals surface area contributed by atoms with E-state index >= 15 is 0 Å². The Hall–Kier alpha value is -2.75. The van der Waals surface area contributed by atoms with Crippen LogP contribution in [0.15, 0.2) is 42.5 Å². The van der Waals surface area contributed by atoms with Gasteiger partial charge in [0.15, 0.2) is 0 Å². The summed E-state index contributed by atoms with van der Waals surface area (Å²) in [6.07, 6.45) is -3.27. The lowest BCUT2D eigenvalue weighted by molar-refractivity contribution is -0.167. The summed E-state index contributed by atoms with van der Waals surface area (Å²) in [5, 5.41) is 31.9. The number of methoxy groups -OCH3 is 1. The Kier molecular flexibility index (Phi) is 6.78. The van der Waals surface area contributed by atoms with E-state index in [0.717, 1.165) is 19.4 Å². The molecule has 0 saturated carbocycles. The van der Waals surface area contributed by atoms with Gasteiger partial charge in [0, 0.05) is 12.1 Å². The molecular formula is C20H24F2N2O5. The molecule has 0 heterocycles. The van der Waals surface area contributed by atoms with E-state index in [1.54, 1.807) is 31.4 Å². The van der Waals surface area contributed by atoms with Crippen LogP contribution in [-0.4, -0.2) is 46.0 Å². The van der Waals surface area contributed by atoms with E-state index in [0.29, 0.717) is 16.9 Å². The molecule has 9 heteroatoms. The van der Waals surface area contributed by atoms with Gasteiger partial charge in [-0.2, -0.15) is 0 Å². The third kappa shape index (κ3) is 4.47. The van der Waals surface area contributed by atoms with E-state index in [4.69, 9.17) is 9.94 Å². The predicted molar refractivity (Wildman–Crippen MR) is 102 cm³/mol. The maximum absolute atomic E-state index is 13.3. The summed E-state index contributed by atoms with van der Waals surface area (Å²) in [6, 6.07) is 11.9. The van der Waals surface area contributed by atoms with Crippen molar-refractivity contribution in [3.8, 4) is 22.6 Å². The van der Waals surface area contributed by atoms with Gasteiger partial charge in [0.2, 0.25) is 0 Å². The second kappa shape index (κ2) is 8.73. The lowest BCUT2D eigenvalue weighted by Gasteiger charge is -2.40. The number of carbonyl (C=O) groups excluding carboxylic acids is 1. The number of ether oxygens (including phenoxy) is 1. The van der Waals surface area contributed by atoms with E-state index < -0.39 is 23.5 Å². The molecule has 2 aromatic carbocycles. The molecule has 0 aliphatic carbocycles. The first-order valence-corrected chi connectivity index (χ1v) is 8.73. The molecule has 0 aromatic heterocycles. The Morgan fingerprint density at radius 2 is 1.72 bits per heavy atom. The van der Waals surface area contributed by atoms with Crippen molar-refractivity contribution in [1.82, 2.24) is 10.8 Å². The summed E-state index contributed by atoms with van der Waals surface area (Å²) in [5.74, 6) is -0.683. The number of phenolic OH excluding ortho intramolecular Hbond substituents is 1. The fourth-order valence-electron chi connectivity index (χ4n) is 2.77. The molecule has 7 nitrogen and oxygen atoms in total. The normalized spacial score (nSPS) is 15.4. The molecule has 29 heavy (non-hydrogen) atoms.